The lowest BCUT2D eigenvalue weighted by atomic mass is 9.59. The van der Waals surface area contributed by atoms with Gasteiger partial charge in [-0.15, -0.1) is 0 Å². The summed E-state index contributed by atoms with van der Waals surface area (Å²) in [6.45, 7) is 1.61. The Balaban J connectivity index is 1.74. The second-order valence-electron chi connectivity index (χ2n) is 8.29. The summed E-state index contributed by atoms with van der Waals surface area (Å²) in [6.07, 6.45) is 3.89. The number of phenols is 1. The summed E-state index contributed by atoms with van der Waals surface area (Å²) in [5, 5.41) is 12.5. The summed E-state index contributed by atoms with van der Waals surface area (Å²) in [7, 11) is 0. The van der Waals surface area contributed by atoms with Gasteiger partial charge in [0.2, 0.25) is 11.8 Å². The van der Waals surface area contributed by atoms with E-state index in [0.29, 0.717) is 28.7 Å². The van der Waals surface area contributed by atoms with Crippen LogP contribution in [0.5, 0.6) is 5.75 Å². The topological polar surface area (TPSA) is 101 Å². The molecule has 1 saturated heterocycles. The summed E-state index contributed by atoms with van der Waals surface area (Å²) in [6, 6.07) is 4.53. The number of allylic oxidation sites excluding steroid dienone is 6. The number of rotatable bonds is 1. The third kappa shape index (κ3) is 2.56. The molecule has 5 rings (SSSR count). The van der Waals surface area contributed by atoms with Gasteiger partial charge in [0.1, 0.15) is 5.75 Å². The molecule has 1 aliphatic heterocycles. The molecule has 4 atom stereocenters. The van der Waals surface area contributed by atoms with Crippen LogP contribution in [0.15, 0.2) is 52.6 Å². The molecule has 30 heavy (non-hydrogen) atoms. The number of phenolic OH excluding ortho intramolecular Hbond substituents is 1. The zero-order valence-corrected chi connectivity index (χ0v) is 16.8. The van der Waals surface area contributed by atoms with Crippen molar-refractivity contribution in [3.63, 3.8) is 0 Å². The van der Waals surface area contributed by atoms with Gasteiger partial charge in [0.15, 0.2) is 11.6 Å². The number of ketones is 2. The number of nitrogens with one attached hydrogen (secondary N) is 1. The van der Waals surface area contributed by atoms with Gasteiger partial charge in [0, 0.05) is 27.7 Å². The van der Waals surface area contributed by atoms with Crippen molar-refractivity contribution < 1.29 is 24.3 Å². The molecule has 0 spiro atoms. The average molecular weight is 424 g/mol. The highest BCUT2D eigenvalue weighted by molar-refractivity contribution is 6.32. The number of benzene rings is 1. The third-order valence-corrected chi connectivity index (χ3v) is 7.03. The number of carbonyl (C=O) groups is 4. The van der Waals surface area contributed by atoms with Crippen molar-refractivity contribution in [3.05, 3.63) is 63.2 Å². The van der Waals surface area contributed by atoms with Gasteiger partial charge >= 0.3 is 0 Å². The zero-order chi connectivity index (χ0) is 21.3. The van der Waals surface area contributed by atoms with Crippen molar-refractivity contribution in [1.29, 1.82) is 0 Å². The minimum Gasteiger partial charge on any atom is -0.508 e. The van der Waals surface area contributed by atoms with Crippen LogP contribution in [0.3, 0.4) is 0 Å². The molecule has 6 nitrogen and oxygen atoms in total. The molecule has 1 fully saturated rings. The first-order valence-corrected chi connectivity index (χ1v) is 10.2. The number of fused-ring (bicyclic) bond motifs is 3. The van der Waals surface area contributed by atoms with Gasteiger partial charge in [-0.1, -0.05) is 29.3 Å². The SMILES string of the molecule is CC1=CC(=O)C2=C(C1=O)[C@@H](c1ccc(O)cc1Cl)C1=CC[C@@H]3C(=O)NC(=O)[C@@H]3[C@@H]1C2. The molecule has 3 aliphatic carbocycles. The van der Waals surface area contributed by atoms with Gasteiger partial charge in [0.25, 0.3) is 0 Å². The Morgan fingerprint density at radius 2 is 1.87 bits per heavy atom. The van der Waals surface area contributed by atoms with Gasteiger partial charge in [-0.3, -0.25) is 24.5 Å². The maximum Gasteiger partial charge on any atom is 0.231 e. The van der Waals surface area contributed by atoms with Gasteiger partial charge in [-0.05, 0) is 49.5 Å². The first-order chi connectivity index (χ1) is 14.3. The second-order valence-corrected chi connectivity index (χ2v) is 8.70. The standard InChI is InChI=1S/C23H18ClNO5/c1-9-6-17(27)15-8-14-11(4-5-13-19(14)23(30)25-22(13)29)18(20(15)21(9)28)12-3-2-10(26)7-16(12)24/h2-4,6-7,13-14,18-19,26H,5,8H2,1H3,(H,25,29,30)/t13-,14+,18+,19-/m0/s1. The van der Waals surface area contributed by atoms with Crippen LogP contribution in [0.25, 0.3) is 0 Å². The Bertz CT molecular complexity index is 1160. The van der Waals surface area contributed by atoms with Crippen LogP contribution in [0.4, 0.5) is 0 Å². The number of aromatic hydroxyl groups is 1. The van der Waals surface area contributed by atoms with E-state index in [1.54, 1.807) is 13.0 Å². The van der Waals surface area contributed by atoms with Crippen LogP contribution >= 0.6 is 11.6 Å². The maximum absolute atomic E-state index is 13.2. The van der Waals surface area contributed by atoms with Crippen molar-refractivity contribution in [1.82, 2.24) is 5.32 Å². The molecule has 1 aromatic rings. The highest BCUT2D eigenvalue weighted by atomic mass is 35.5. The zero-order valence-electron chi connectivity index (χ0n) is 16.1. The molecule has 0 saturated carbocycles. The first-order valence-electron chi connectivity index (χ1n) is 9.81. The van der Waals surface area contributed by atoms with Gasteiger partial charge in [-0.2, -0.15) is 0 Å². The van der Waals surface area contributed by atoms with Gasteiger partial charge in [-0.25, -0.2) is 0 Å². The van der Waals surface area contributed by atoms with Crippen molar-refractivity contribution in [3.8, 4) is 5.75 Å². The molecule has 2 amide bonds. The molecule has 4 aliphatic rings. The number of imide groups is 1. The van der Waals surface area contributed by atoms with E-state index in [1.807, 2.05) is 6.08 Å². The number of amides is 2. The molecule has 2 N–H and O–H groups in total. The number of Topliss-reactive ketones (excluding diaryl/α,β-unsaturated/α-hetero) is 1. The fourth-order valence-electron chi connectivity index (χ4n) is 5.38. The summed E-state index contributed by atoms with van der Waals surface area (Å²) in [5.41, 5.74) is 2.56. The molecule has 0 bridgehead atoms. The predicted octanol–water partition coefficient (Wildman–Crippen LogP) is 2.76. The van der Waals surface area contributed by atoms with E-state index in [0.717, 1.165) is 5.57 Å². The van der Waals surface area contributed by atoms with E-state index in [1.165, 1.54) is 18.2 Å². The first kappa shape index (κ1) is 19.0. The van der Waals surface area contributed by atoms with Crippen molar-refractivity contribution in [2.45, 2.75) is 25.7 Å². The Hall–Kier alpha value is -2.99. The maximum atomic E-state index is 13.2. The molecule has 152 valence electrons. The van der Waals surface area contributed by atoms with Gasteiger partial charge < -0.3 is 5.11 Å². The largest absolute Gasteiger partial charge is 0.508 e. The van der Waals surface area contributed by atoms with Gasteiger partial charge in [0.05, 0.1) is 11.8 Å². The van der Waals surface area contributed by atoms with Crippen LogP contribution in [-0.2, 0) is 19.2 Å². The third-order valence-electron chi connectivity index (χ3n) is 6.70. The molecule has 1 heterocycles. The Morgan fingerprint density at radius 3 is 2.60 bits per heavy atom. The fourth-order valence-corrected chi connectivity index (χ4v) is 5.66. The van der Waals surface area contributed by atoms with Crippen LogP contribution in [0, 0.1) is 17.8 Å². The predicted molar refractivity (Wildman–Crippen MR) is 108 cm³/mol. The van der Waals surface area contributed by atoms with Crippen LogP contribution in [-0.4, -0.2) is 28.5 Å². The minimum atomic E-state index is -0.601. The number of hydrogen-bond acceptors (Lipinski definition) is 5. The lowest BCUT2D eigenvalue weighted by Gasteiger charge is -2.42. The monoisotopic (exact) mass is 423 g/mol. The average Bonchev–Trinajstić information content (AvgIpc) is 2.99. The van der Waals surface area contributed by atoms with E-state index in [4.69, 9.17) is 11.6 Å². The van der Waals surface area contributed by atoms with Crippen molar-refractivity contribution in [2.24, 2.45) is 17.8 Å². The Kier molecular flexibility index (Phi) is 4.12. The van der Waals surface area contributed by atoms with E-state index in [-0.39, 0.29) is 46.5 Å². The number of hydrogen-bond donors (Lipinski definition) is 2. The summed E-state index contributed by atoms with van der Waals surface area (Å²) >= 11 is 6.45. The Labute approximate surface area is 177 Å². The summed E-state index contributed by atoms with van der Waals surface area (Å²) < 4.78 is 0. The second kappa shape index (κ2) is 6.51. The smallest absolute Gasteiger partial charge is 0.231 e. The molecule has 0 radical (unpaired) electrons. The highest BCUT2D eigenvalue weighted by Gasteiger charge is 2.53. The summed E-state index contributed by atoms with van der Waals surface area (Å²) in [5.74, 6) is -3.09. The number of carbonyl (C=O) groups excluding carboxylic acids is 4. The van der Waals surface area contributed by atoms with E-state index in [9.17, 15) is 24.3 Å². The van der Waals surface area contributed by atoms with E-state index in [2.05, 4.69) is 5.32 Å². The molecule has 0 aromatic heterocycles. The molecular formula is C23H18ClNO5. The summed E-state index contributed by atoms with van der Waals surface area (Å²) in [4.78, 5) is 50.8. The van der Waals surface area contributed by atoms with Crippen LogP contribution in [0.1, 0.15) is 31.2 Å². The highest BCUT2D eigenvalue weighted by Crippen LogP contribution is 2.55. The van der Waals surface area contributed by atoms with Crippen molar-refractivity contribution >= 4 is 35.0 Å². The lowest BCUT2D eigenvalue weighted by molar-refractivity contribution is -0.126. The van der Waals surface area contributed by atoms with Crippen LogP contribution in [0.2, 0.25) is 5.02 Å². The molecule has 0 unspecified atom stereocenters. The normalized spacial score (nSPS) is 30.3. The van der Waals surface area contributed by atoms with Crippen LogP contribution < -0.4 is 5.32 Å². The Morgan fingerprint density at radius 1 is 1.10 bits per heavy atom. The fraction of sp³-hybridized carbons (Fsp3) is 0.304. The lowest BCUT2D eigenvalue weighted by Crippen LogP contribution is -2.39. The molecule has 1 aromatic carbocycles. The minimum absolute atomic E-state index is 0.00843. The molecular weight excluding hydrogens is 406 g/mol. The molecule has 7 heteroatoms. The number of halogens is 1. The quantitative estimate of drug-likeness (QED) is 0.411. The van der Waals surface area contributed by atoms with E-state index < -0.39 is 17.8 Å². The van der Waals surface area contributed by atoms with Crippen molar-refractivity contribution in [2.75, 3.05) is 0 Å². The van der Waals surface area contributed by atoms with E-state index >= 15 is 0 Å².